The van der Waals surface area contributed by atoms with E-state index < -0.39 is 10.0 Å². The van der Waals surface area contributed by atoms with Gasteiger partial charge in [-0.3, -0.25) is 4.31 Å². The molecule has 0 bridgehead atoms. The van der Waals surface area contributed by atoms with E-state index in [1.165, 1.54) is 16.9 Å². The van der Waals surface area contributed by atoms with Crippen molar-refractivity contribution >= 4 is 27.3 Å². The summed E-state index contributed by atoms with van der Waals surface area (Å²) in [5.74, 6) is 0. The number of benzene rings is 1. The highest BCUT2D eigenvalue weighted by molar-refractivity contribution is 7.92. The molecule has 0 aromatic heterocycles. The van der Waals surface area contributed by atoms with Crippen LogP contribution in [0.2, 0.25) is 0 Å². The van der Waals surface area contributed by atoms with E-state index in [4.69, 9.17) is 0 Å². The quantitative estimate of drug-likeness (QED) is 0.796. The molecule has 17 heavy (non-hydrogen) atoms. The molecule has 0 atom stereocenters. The molecule has 0 saturated carbocycles. The van der Waals surface area contributed by atoms with Gasteiger partial charge in [-0.25, -0.2) is 8.42 Å². The van der Waals surface area contributed by atoms with Crippen LogP contribution < -0.4 is 4.31 Å². The number of alkyl halides is 1. The third kappa shape index (κ3) is 7.23. The van der Waals surface area contributed by atoms with Crippen molar-refractivity contribution in [3.05, 3.63) is 30.3 Å². The number of anilines is 1. The van der Waals surface area contributed by atoms with Gasteiger partial charge in [0.2, 0.25) is 10.0 Å². The molecular weight excluding hydrogens is 258 g/mol. The first-order chi connectivity index (χ1) is 8.05. The Morgan fingerprint density at radius 3 is 1.82 bits per heavy atom. The molecule has 0 fully saturated rings. The Hall–Kier alpha value is -0.740. The smallest absolute Gasteiger partial charge is 0.232 e. The van der Waals surface area contributed by atoms with E-state index in [0.29, 0.717) is 12.2 Å². The number of para-hydroxylation sites is 1. The van der Waals surface area contributed by atoms with E-state index in [2.05, 4.69) is 11.6 Å². The first kappa shape index (κ1) is 18.6. The molecule has 0 amide bonds. The minimum atomic E-state index is -3.13. The van der Waals surface area contributed by atoms with Gasteiger partial charge in [-0.15, -0.1) is 11.6 Å². The van der Waals surface area contributed by atoms with Crippen molar-refractivity contribution in [1.82, 2.24) is 0 Å². The van der Waals surface area contributed by atoms with Gasteiger partial charge in [0, 0.05) is 12.9 Å². The summed E-state index contributed by atoms with van der Waals surface area (Å²) in [5.41, 5.74) is 0.715. The monoisotopic (exact) mass is 279 g/mol. The van der Waals surface area contributed by atoms with Crippen LogP contribution in [0.3, 0.4) is 0 Å². The maximum Gasteiger partial charge on any atom is 0.232 e. The molecule has 1 aromatic rings. The van der Waals surface area contributed by atoms with Crippen LogP contribution in [-0.4, -0.2) is 27.6 Å². The zero-order chi connectivity index (χ0) is 13.9. The molecule has 0 radical (unpaired) electrons. The molecular formula is C12H22ClNO2S. The highest BCUT2D eigenvalue weighted by Gasteiger charge is 2.13. The van der Waals surface area contributed by atoms with E-state index in [9.17, 15) is 8.42 Å². The summed E-state index contributed by atoms with van der Waals surface area (Å²) in [7, 11) is -3.13. The highest BCUT2D eigenvalue weighted by atomic mass is 35.5. The standard InChI is InChI=1S/C9H13NO2S.C2H6.CH3Cl/c1-3-10(13(2,11)12)9-7-5-4-6-8-9;2*1-2/h4-8H,3H2,1-2H3;1-2H3;1H3. The Labute approximate surface area is 110 Å². The van der Waals surface area contributed by atoms with Crippen molar-refractivity contribution in [1.29, 1.82) is 0 Å². The molecule has 0 N–H and O–H groups in total. The lowest BCUT2D eigenvalue weighted by molar-refractivity contribution is 0.598. The average Bonchev–Trinajstić information content (AvgIpc) is 2.35. The molecule has 0 saturated heterocycles. The van der Waals surface area contributed by atoms with Crippen molar-refractivity contribution in [3.8, 4) is 0 Å². The van der Waals surface area contributed by atoms with Crippen LogP contribution in [0, 0.1) is 0 Å². The summed E-state index contributed by atoms with van der Waals surface area (Å²) in [4.78, 5) is 0. The number of nitrogens with zero attached hydrogens (tertiary/aromatic N) is 1. The summed E-state index contributed by atoms with van der Waals surface area (Å²) in [6.07, 6.45) is 2.68. The van der Waals surface area contributed by atoms with E-state index in [-0.39, 0.29) is 0 Å². The largest absolute Gasteiger partial charge is 0.271 e. The van der Waals surface area contributed by atoms with Crippen molar-refractivity contribution in [2.45, 2.75) is 20.8 Å². The Morgan fingerprint density at radius 1 is 1.12 bits per heavy atom. The van der Waals surface area contributed by atoms with Crippen molar-refractivity contribution < 1.29 is 8.42 Å². The molecule has 0 aliphatic carbocycles. The fourth-order valence-electron chi connectivity index (χ4n) is 1.20. The van der Waals surface area contributed by atoms with Gasteiger partial charge in [0.1, 0.15) is 0 Å². The van der Waals surface area contributed by atoms with Gasteiger partial charge in [0.15, 0.2) is 0 Å². The molecule has 100 valence electrons. The van der Waals surface area contributed by atoms with Crippen LogP contribution in [0.25, 0.3) is 0 Å². The lowest BCUT2D eigenvalue weighted by Gasteiger charge is -2.19. The Kier molecular flexibility index (Phi) is 11.4. The number of rotatable bonds is 3. The molecule has 0 unspecified atom stereocenters. The molecule has 5 heteroatoms. The Bertz CT molecular complexity index is 365. The van der Waals surface area contributed by atoms with E-state index in [0.717, 1.165) is 0 Å². The third-order valence-electron chi connectivity index (χ3n) is 1.73. The van der Waals surface area contributed by atoms with Crippen LogP contribution >= 0.6 is 11.6 Å². The SMILES string of the molecule is CC.CCN(c1ccccc1)S(C)(=O)=O.CCl. The first-order valence-corrected chi connectivity index (χ1v) is 8.06. The second-order valence-electron chi connectivity index (χ2n) is 2.76. The maximum atomic E-state index is 11.3. The fourth-order valence-corrected chi connectivity index (χ4v) is 2.18. The first-order valence-electron chi connectivity index (χ1n) is 5.46. The van der Waals surface area contributed by atoms with Gasteiger partial charge in [-0.05, 0) is 19.1 Å². The Balaban J connectivity index is 0. The normalized spacial score (nSPS) is 9.29. The number of halogens is 1. The molecule has 1 aromatic carbocycles. The zero-order valence-corrected chi connectivity index (χ0v) is 12.7. The van der Waals surface area contributed by atoms with Crippen LogP contribution in [0.15, 0.2) is 30.3 Å². The van der Waals surface area contributed by atoms with Crippen LogP contribution in [0.4, 0.5) is 5.69 Å². The minimum absolute atomic E-state index is 0.461. The topological polar surface area (TPSA) is 37.4 Å². The van der Waals surface area contributed by atoms with Gasteiger partial charge >= 0.3 is 0 Å². The summed E-state index contributed by atoms with van der Waals surface area (Å²) in [6, 6.07) is 9.07. The summed E-state index contributed by atoms with van der Waals surface area (Å²) >= 11 is 4.64. The highest BCUT2D eigenvalue weighted by Crippen LogP contribution is 2.15. The van der Waals surface area contributed by atoms with Gasteiger partial charge in [-0.1, -0.05) is 32.0 Å². The van der Waals surface area contributed by atoms with E-state index in [1.54, 1.807) is 12.1 Å². The summed E-state index contributed by atoms with van der Waals surface area (Å²) < 4.78 is 23.9. The average molecular weight is 280 g/mol. The van der Waals surface area contributed by atoms with Crippen molar-refractivity contribution in [2.24, 2.45) is 0 Å². The second-order valence-corrected chi connectivity index (χ2v) is 4.67. The number of hydrogen-bond donors (Lipinski definition) is 0. The van der Waals surface area contributed by atoms with Gasteiger partial charge in [0.05, 0.1) is 11.9 Å². The zero-order valence-electron chi connectivity index (χ0n) is 11.1. The predicted octanol–water partition coefficient (Wildman–Crippen LogP) is 3.35. The summed E-state index contributed by atoms with van der Waals surface area (Å²) in [5, 5.41) is 0. The molecule has 0 aliphatic heterocycles. The lowest BCUT2D eigenvalue weighted by atomic mass is 10.3. The predicted molar refractivity (Wildman–Crippen MR) is 77.4 cm³/mol. The summed E-state index contributed by atoms with van der Waals surface area (Å²) in [6.45, 7) is 6.27. The Morgan fingerprint density at radius 2 is 1.53 bits per heavy atom. The van der Waals surface area contributed by atoms with Crippen LogP contribution in [0.1, 0.15) is 20.8 Å². The van der Waals surface area contributed by atoms with Crippen LogP contribution in [-0.2, 0) is 10.0 Å². The van der Waals surface area contributed by atoms with Gasteiger partial charge < -0.3 is 0 Å². The molecule has 0 heterocycles. The van der Waals surface area contributed by atoms with Crippen LogP contribution in [0.5, 0.6) is 0 Å². The minimum Gasteiger partial charge on any atom is -0.271 e. The van der Waals surface area contributed by atoms with E-state index >= 15 is 0 Å². The van der Waals surface area contributed by atoms with E-state index in [1.807, 2.05) is 39.0 Å². The second kappa shape index (κ2) is 10.4. The third-order valence-corrected chi connectivity index (χ3v) is 3.00. The van der Waals surface area contributed by atoms with Crippen molar-refractivity contribution in [3.63, 3.8) is 0 Å². The molecule has 0 spiro atoms. The number of hydrogen-bond acceptors (Lipinski definition) is 2. The van der Waals surface area contributed by atoms with Gasteiger partial charge in [-0.2, -0.15) is 0 Å². The lowest BCUT2D eigenvalue weighted by Crippen LogP contribution is -2.29. The molecule has 3 nitrogen and oxygen atoms in total. The van der Waals surface area contributed by atoms with Crippen molar-refractivity contribution in [2.75, 3.05) is 23.5 Å². The molecule has 0 aliphatic rings. The molecule has 1 rings (SSSR count). The fraction of sp³-hybridized carbons (Fsp3) is 0.500. The maximum absolute atomic E-state index is 11.3. The number of sulfonamides is 1. The van der Waals surface area contributed by atoms with Gasteiger partial charge in [0.25, 0.3) is 0 Å².